The van der Waals surface area contributed by atoms with Crippen molar-refractivity contribution >= 4 is 11.6 Å². The highest BCUT2D eigenvalue weighted by atomic mass is 35.5. The Bertz CT molecular complexity index is 426. The maximum atomic E-state index is 13.2. The minimum Gasteiger partial charge on any atom is -0.271 e. The van der Waals surface area contributed by atoms with Crippen LogP contribution in [0.1, 0.15) is 31.2 Å². The van der Waals surface area contributed by atoms with E-state index in [1.165, 1.54) is 0 Å². The molecule has 0 spiro atoms. The number of rotatable bonds is 5. The van der Waals surface area contributed by atoms with E-state index in [-0.39, 0.29) is 24.8 Å². The minimum absolute atomic E-state index is 0.00104. The van der Waals surface area contributed by atoms with E-state index >= 15 is 0 Å². The van der Waals surface area contributed by atoms with Gasteiger partial charge in [0.05, 0.1) is 0 Å². The van der Waals surface area contributed by atoms with Gasteiger partial charge < -0.3 is 0 Å². The lowest BCUT2D eigenvalue weighted by Crippen LogP contribution is -2.38. The van der Waals surface area contributed by atoms with Gasteiger partial charge in [-0.1, -0.05) is 29.8 Å². The Morgan fingerprint density at radius 1 is 1.42 bits per heavy atom. The van der Waals surface area contributed by atoms with Crippen LogP contribution in [0, 0.1) is 5.92 Å². The molecule has 2 unspecified atom stereocenters. The Morgan fingerprint density at radius 3 is 2.74 bits per heavy atom. The van der Waals surface area contributed by atoms with Gasteiger partial charge in [-0.2, -0.15) is 0 Å². The van der Waals surface area contributed by atoms with Gasteiger partial charge in [0, 0.05) is 23.9 Å². The number of hydrogen-bond acceptors (Lipinski definition) is 2. The number of hydrazine groups is 1. The molecule has 106 valence electrons. The normalized spacial score (nSPS) is 23.5. The second kappa shape index (κ2) is 6.16. The molecule has 1 aromatic carbocycles. The van der Waals surface area contributed by atoms with E-state index in [2.05, 4.69) is 5.43 Å². The molecular weight excluding hydrogens is 270 g/mol. The molecule has 1 aliphatic rings. The third kappa shape index (κ3) is 4.13. The molecule has 0 saturated heterocycles. The largest absolute Gasteiger partial charge is 0.271 e. The molecule has 0 radical (unpaired) electrons. The molecule has 2 rings (SSSR count). The van der Waals surface area contributed by atoms with Crippen LogP contribution in [0.2, 0.25) is 5.02 Å². The molecule has 0 aromatic heterocycles. The van der Waals surface area contributed by atoms with E-state index in [0.29, 0.717) is 24.3 Å². The monoisotopic (exact) mass is 288 g/mol. The van der Waals surface area contributed by atoms with Crippen LogP contribution >= 0.6 is 11.6 Å². The average Bonchev–Trinajstić information content (AvgIpc) is 2.70. The van der Waals surface area contributed by atoms with E-state index in [1.54, 1.807) is 0 Å². The van der Waals surface area contributed by atoms with Crippen LogP contribution in [-0.2, 0) is 6.42 Å². The van der Waals surface area contributed by atoms with Gasteiger partial charge in [0.2, 0.25) is 5.92 Å². The van der Waals surface area contributed by atoms with Gasteiger partial charge in [0.15, 0.2) is 0 Å². The molecule has 0 amide bonds. The number of halogens is 3. The van der Waals surface area contributed by atoms with Gasteiger partial charge in [-0.3, -0.25) is 11.3 Å². The highest BCUT2D eigenvalue weighted by Gasteiger charge is 2.39. The summed E-state index contributed by atoms with van der Waals surface area (Å²) < 4.78 is 26.3. The van der Waals surface area contributed by atoms with E-state index in [9.17, 15) is 8.78 Å². The number of benzene rings is 1. The first kappa shape index (κ1) is 14.7. The highest BCUT2D eigenvalue weighted by molar-refractivity contribution is 6.31. The highest BCUT2D eigenvalue weighted by Crippen LogP contribution is 2.41. The Labute approximate surface area is 117 Å². The topological polar surface area (TPSA) is 38.0 Å². The summed E-state index contributed by atoms with van der Waals surface area (Å²) in [6, 6.07) is 7.54. The molecular formula is C14H19ClF2N2. The first-order valence-corrected chi connectivity index (χ1v) is 6.95. The standard InChI is InChI=1S/C14H19ClF2N2/c15-13-4-2-1-3-11(13)8-12(19-18)7-10-5-6-14(16,17)9-10/h1-4,10,12,19H,5-9,18H2. The van der Waals surface area contributed by atoms with Crippen molar-refractivity contribution in [2.45, 2.75) is 44.1 Å². The van der Waals surface area contributed by atoms with Gasteiger partial charge in [-0.25, -0.2) is 8.78 Å². The van der Waals surface area contributed by atoms with E-state index in [0.717, 1.165) is 5.56 Å². The van der Waals surface area contributed by atoms with Crippen molar-refractivity contribution in [1.29, 1.82) is 0 Å². The van der Waals surface area contributed by atoms with Crippen LogP contribution in [0.5, 0.6) is 0 Å². The molecule has 2 nitrogen and oxygen atoms in total. The minimum atomic E-state index is -2.49. The maximum absolute atomic E-state index is 13.2. The van der Waals surface area contributed by atoms with E-state index in [4.69, 9.17) is 17.4 Å². The molecule has 2 atom stereocenters. The maximum Gasteiger partial charge on any atom is 0.248 e. The molecule has 19 heavy (non-hydrogen) atoms. The van der Waals surface area contributed by atoms with Crippen molar-refractivity contribution < 1.29 is 8.78 Å². The smallest absolute Gasteiger partial charge is 0.248 e. The Hall–Kier alpha value is -0.710. The first-order chi connectivity index (χ1) is 9.00. The molecule has 0 bridgehead atoms. The van der Waals surface area contributed by atoms with E-state index in [1.807, 2.05) is 24.3 Å². The van der Waals surface area contributed by atoms with Crippen LogP contribution in [0.25, 0.3) is 0 Å². The third-order valence-corrected chi connectivity index (χ3v) is 4.15. The number of hydrogen-bond donors (Lipinski definition) is 2. The summed E-state index contributed by atoms with van der Waals surface area (Å²) in [4.78, 5) is 0. The number of alkyl halides is 2. The molecule has 1 aliphatic carbocycles. The van der Waals surface area contributed by atoms with Crippen LogP contribution in [0.3, 0.4) is 0 Å². The van der Waals surface area contributed by atoms with Gasteiger partial charge in [-0.05, 0) is 36.8 Å². The van der Waals surface area contributed by atoms with Crippen molar-refractivity contribution in [2.75, 3.05) is 0 Å². The van der Waals surface area contributed by atoms with Crippen molar-refractivity contribution in [3.8, 4) is 0 Å². The Balaban J connectivity index is 1.93. The fraction of sp³-hybridized carbons (Fsp3) is 0.571. The third-order valence-electron chi connectivity index (χ3n) is 3.78. The predicted molar refractivity (Wildman–Crippen MR) is 73.2 cm³/mol. The summed E-state index contributed by atoms with van der Waals surface area (Å²) >= 11 is 6.10. The zero-order valence-corrected chi connectivity index (χ0v) is 11.5. The van der Waals surface area contributed by atoms with Gasteiger partial charge in [0.1, 0.15) is 0 Å². The average molecular weight is 289 g/mol. The summed E-state index contributed by atoms with van der Waals surface area (Å²) in [5.41, 5.74) is 3.73. The van der Waals surface area contributed by atoms with Crippen LogP contribution in [0.15, 0.2) is 24.3 Å². The zero-order valence-electron chi connectivity index (χ0n) is 10.7. The second-order valence-electron chi connectivity index (χ2n) is 5.36. The summed E-state index contributed by atoms with van der Waals surface area (Å²) in [6.45, 7) is 0. The lowest BCUT2D eigenvalue weighted by Gasteiger charge is -2.20. The van der Waals surface area contributed by atoms with Gasteiger partial charge >= 0.3 is 0 Å². The molecule has 1 aromatic rings. The first-order valence-electron chi connectivity index (χ1n) is 6.57. The summed E-state index contributed by atoms with van der Waals surface area (Å²) in [7, 11) is 0. The summed E-state index contributed by atoms with van der Waals surface area (Å²) in [5, 5.41) is 0.694. The van der Waals surface area contributed by atoms with Crippen molar-refractivity contribution in [3.63, 3.8) is 0 Å². The zero-order chi connectivity index (χ0) is 13.9. The fourth-order valence-corrected chi connectivity index (χ4v) is 3.00. The molecule has 3 N–H and O–H groups in total. The quantitative estimate of drug-likeness (QED) is 0.642. The lowest BCUT2D eigenvalue weighted by atomic mass is 9.94. The molecule has 1 saturated carbocycles. The lowest BCUT2D eigenvalue weighted by molar-refractivity contribution is 0.00432. The number of nitrogens with two attached hydrogens (primary N) is 1. The summed E-state index contributed by atoms with van der Waals surface area (Å²) in [6.07, 6.45) is 1.89. The van der Waals surface area contributed by atoms with Crippen LogP contribution in [0.4, 0.5) is 8.78 Å². The van der Waals surface area contributed by atoms with Gasteiger partial charge in [0.25, 0.3) is 0 Å². The van der Waals surface area contributed by atoms with Crippen LogP contribution < -0.4 is 11.3 Å². The molecule has 0 heterocycles. The molecule has 1 fully saturated rings. The molecule has 0 aliphatic heterocycles. The molecule has 5 heteroatoms. The van der Waals surface area contributed by atoms with Crippen LogP contribution in [-0.4, -0.2) is 12.0 Å². The second-order valence-corrected chi connectivity index (χ2v) is 5.77. The fourth-order valence-electron chi connectivity index (χ4n) is 2.79. The Morgan fingerprint density at radius 2 is 2.16 bits per heavy atom. The van der Waals surface area contributed by atoms with Gasteiger partial charge in [-0.15, -0.1) is 0 Å². The van der Waals surface area contributed by atoms with Crippen molar-refractivity contribution in [2.24, 2.45) is 11.8 Å². The van der Waals surface area contributed by atoms with Crippen molar-refractivity contribution in [3.05, 3.63) is 34.9 Å². The number of nitrogens with one attached hydrogen (secondary N) is 1. The SMILES string of the molecule is NNC(Cc1ccccc1Cl)CC1CCC(F)(F)C1. The van der Waals surface area contributed by atoms with Crippen molar-refractivity contribution in [1.82, 2.24) is 5.43 Å². The van der Waals surface area contributed by atoms with E-state index < -0.39 is 5.92 Å². The summed E-state index contributed by atoms with van der Waals surface area (Å²) in [5.74, 6) is 3.08. The predicted octanol–water partition coefficient (Wildman–Crippen LogP) is 3.54. The Kier molecular flexibility index (Phi) is 4.76.